The molecule has 10 heteroatoms. The summed E-state index contributed by atoms with van der Waals surface area (Å²) >= 11 is 0. The van der Waals surface area contributed by atoms with Crippen molar-refractivity contribution in [2.45, 2.75) is 25.2 Å². The summed E-state index contributed by atoms with van der Waals surface area (Å²) in [5, 5.41) is 0. The number of carbonyl (C=O) groups excluding carboxylic acids is 1. The van der Waals surface area contributed by atoms with Crippen LogP contribution in [0, 0.1) is 12.7 Å². The molecule has 1 amide bonds. The van der Waals surface area contributed by atoms with E-state index < -0.39 is 33.8 Å². The van der Waals surface area contributed by atoms with Gasteiger partial charge in [-0.2, -0.15) is 12.7 Å². The lowest BCUT2D eigenvalue weighted by molar-refractivity contribution is -0.223. The Hall–Kier alpha value is -2.40. The van der Waals surface area contributed by atoms with Gasteiger partial charge in [0.25, 0.3) is 5.91 Å². The number of hydrogen-bond donors (Lipinski definition) is 1. The smallest absolute Gasteiger partial charge is 0.304 e. The summed E-state index contributed by atoms with van der Waals surface area (Å²) in [7, 11) is -1.54. The van der Waals surface area contributed by atoms with Crippen LogP contribution in [0.25, 0.3) is 0 Å². The van der Waals surface area contributed by atoms with Crippen molar-refractivity contribution in [3.05, 3.63) is 65.2 Å². The van der Waals surface area contributed by atoms with Gasteiger partial charge in [0.05, 0.1) is 18.3 Å². The number of benzene rings is 1. The molecule has 1 aliphatic rings. The highest BCUT2D eigenvalue weighted by atomic mass is 32.2. The number of ether oxygens (including phenoxy) is 2. The Morgan fingerprint density at radius 2 is 2.00 bits per heavy atom. The monoisotopic (exact) mass is 423 g/mol. The quantitative estimate of drug-likeness (QED) is 0.760. The topological polar surface area (TPSA) is 97.8 Å². The van der Waals surface area contributed by atoms with Crippen molar-refractivity contribution in [3.63, 3.8) is 0 Å². The fourth-order valence-electron chi connectivity index (χ4n) is 3.32. The van der Waals surface area contributed by atoms with Crippen LogP contribution in [0.4, 0.5) is 4.39 Å². The van der Waals surface area contributed by atoms with Gasteiger partial charge in [-0.15, -0.1) is 0 Å². The lowest BCUT2D eigenvalue weighted by atomic mass is 10.0. The van der Waals surface area contributed by atoms with Crippen molar-refractivity contribution in [1.82, 2.24) is 14.0 Å². The summed E-state index contributed by atoms with van der Waals surface area (Å²) in [5.74, 6) is -2.78. The highest BCUT2D eigenvalue weighted by molar-refractivity contribution is 7.87. The second-order valence-electron chi connectivity index (χ2n) is 6.61. The molecule has 2 aromatic rings. The molecule has 1 aromatic carbocycles. The predicted octanol–water partition coefficient (Wildman–Crippen LogP) is 1.72. The van der Waals surface area contributed by atoms with E-state index in [9.17, 15) is 17.6 Å². The van der Waals surface area contributed by atoms with Crippen LogP contribution in [0.3, 0.4) is 0 Å². The molecule has 0 saturated carbocycles. The minimum absolute atomic E-state index is 0.135. The maximum Gasteiger partial charge on any atom is 0.304 e. The highest BCUT2D eigenvalue weighted by Crippen LogP contribution is 2.39. The molecule has 2 unspecified atom stereocenters. The third-order valence-corrected chi connectivity index (χ3v) is 6.36. The van der Waals surface area contributed by atoms with E-state index in [-0.39, 0.29) is 23.6 Å². The number of hydrogen-bond acceptors (Lipinski definition) is 6. The van der Waals surface area contributed by atoms with Crippen LogP contribution in [0.5, 0.6) is 0 Å². The van der Waals surface area contributed by atoms with E-state index in [2.05, 4.69) is 9.71 Å². The zero-order valence-corrected chi connectivity index (χ0v) is 17.1. The van der Waals surface area contributed by atoms with Gasteiger partial charge in [-0.25, -0.2) is 14.1 Å². The van der Waals surface area contributed by atoms with Gasteiger partial charge in [-0.05, 0) is 37.6 Å². The van der Waals surface area contributed by atoms with E-state index in [1.807, 2.05) is 0 Å². The number of nitrogens with one attached hydrogen (secondary N) is 1. The summed E-state index contributed by atoms with van der Waals surface area (Å²) in [6, 6.07) is 9.80. The van der Waals surface area contributed by atoms with E-state index in [1.54, 1.807) is 18.2 Å². The van der Waals surface area contributed by atoms with Crippen molar-refractivity contribution >= 4 is 16.1 Å². The molecule has 1 N–H and O–H groups in total. The molecule has 0 bridgehead atoms. The van der Waals surface area contributed by atoms with Crippen molar-refractivity contribution in [1.29, 1.82) is 0 Å². The average Bonchev–Trinajstić information content (AvgIpc) is 3.14. The second-order valence-corrected chi connectivity index (χ2v) is 8.34. The van der Waals surface area contributed by atoms with E-state index in [0.29, 0.717) is 6.42 Å². The predicted molar refractivity (Wildman–Crippen MR) is 103 cm³/mol. The van der Waals surface area contributed by atoms with E-state index >= 15 is 0 Å². The van der Waals surface area contributed by atoms with Gasteiger partial charge >= 0.3 is 10.2 Å². The van der Waals surface area contributed by atoms with Crippen LogP contribution in [0.2, 0.25) is 0 Å². The SMILES string of the molecule is COC1(c2ccc(F)c(C)n2)OCCC1N(C)S(=O)(=O)NC(=O)c1ccccc1. The Bertz CT molecular complexity index is 1000. The molecule has 0 radical (unpaired) electrons. The Kier molecular flexibility index (Phi) is 5.99. The number of methoxy groups -OCH3 is 1. The van der Waals surface area contributed by atoms with Crippen LogP contribution in [0.1, 0.15) is 28.2 Å². The third kappa shape index (κ3) is 4.01. The maximum absolute atomic E-state index is 13.7. The molecule has 2 heterocycles. The van der Waals surface area contributed by atoms with Crippen LogP contribution in [0.15, 0.2) is 42.5 Å². The number of pyridine rings is 1. The maximum atomic E-state index is 13.7. The minimum atomic E-state index is -4.23. The van der Waals surface area contributed by atoms with Crippen LogP contribution >= 0.6 is 0 Å². The molecule has 1 fully saturated rings. The van der Waals surface area contributed by atoms with Gasteiger partial charge in [-0.1, -0.05) is 18.2 Å². The van der Waals surface area contributed by atoms with Crippen molar-refractivity contribution in [2.24, 2.45) is 0 Å². The molecule has 1 aliphatic heterocycles. The summed E-state index contributed by atoms with van der Waals surface area (Å²) in [4.78, 5) is 16.5. The molecule has 29 heavy (non-hydrogen) atoms. The zero-order valence-electron chi connectivity index (χ0n) is 16.3. The van der Waals surface area contributed by atoms with Gasteiger partial charge in [0, 0.05) is 19.7 Å². The first-order valence-corrected chi connectivity index (χ1v) is 10.3. The van der Waals surface area contributed by atoms with Crippen molar-refractivity contribution < 1.29 is 27.1 Å². The van der Waals surface area contributed by atoms with E-state index in [1.165, 1.54) is 45.3 Å². The summed E-state index contributed by atoms with van der Waals surface area (Å²) < 4.78 is 53.8. The number of aryl methyl sites for hydroxylation is 1. The molecule has 2 atom stereocenters. The standard InChI is InChI=1S/C19H22FN3O5S/c1-13-15(20)9-10-16(21-13)19(27-3)17(11-12-28-19)23(2)29(25,26)22-18(24)14-7-5-4-6-8-14/h4-10,17H,11-12H2,1-3H3,(H,22,24). The van der Waals surface area contributed by atoms with Gasteiger partial charge in [0.15, 0.2) is 0 Å². The van der Waals surface area contributed by atoms with Crippen molar-refractivity contribution in [2.75, 3.05) is 20.8 Å². The second kappa shape index (κ2) is 8.15. The van der Waals surface area contributed by atoms with Gasteiger partial charge < -0.3 is 9.47 Å². The Morgan fingerprint density at radius 3 is 2.62 bits per heavy atom. The minimum Gasteiger partial charge on any atom is -0.347 e. The largest absolute Gasteiger partial charge is 0.347 e. The molecule has 0 aliphatic carbocycles. The van der Waals surface area contributed by atoms with E-state index in [4.69, 9.17) is 9.47 Å². The lowest BCUT2D eigenvalue weighted by Crippen LogP contribution is -2.54. The Labute approximate surface area is 168 Å². The molecule has 0 spiro atoms. The molecular weight excluding hydrogens is 401 g/mol. The highest BCUT2D eigenvalue weighted by Gasteiger charge is 2.52. The summed E-state index contributed by atoms with van der Waals surface area (Å²) in [6.45, 7) is 1.69. The summed E-state index contributed by atoms with van der Waals surface area (Å²) in [5.41, 5.74) is 0.592. The molecule has 8 nitrogen and oxygen atoms in total. The van der Waals surface area contributed by atoms with Gasteiger partial charge in [-0.3, -0.25) is 4.79 Å². The van der Waals surface area contributed by atoms with Gasteiger partial charge in [0.2, 0.25) is 5.79 Å². The fourth-order valence-corrected chi connectivity index (χ4v) is 4.39. The Morgan fingerprint density at radius 1 is 1.31 bits per heavy atom. The molecule has 1 saturated heterocycles. The number of carbonyl (C=O) groups is 1. The third-order valence-electron chi connectivity index (χ3n) is 4.90. The number of likely N-dealkylation sites (N-methyl/N-ethyl adjacent to an activating group) is 1. The number of halogens is 1. The lowest BCUT2D eigenvalue weighted by Gasteiger charge is -2.36. The van der Waals surface area contributed by atoms with Crippen LogP contribution < -0.4 is 4.72 Å². The first-order chi connectivity index (χ1) is 13.7. The molecule has 1 aromatic heterocycles. The zero-order chi connectivity index (χ0) is 21.2. The van der Waals surface area contributed by atoms with Crippen LogP contribution in [-0.4, -0.2) is 50.4 Å². The Balaban J connectivity index is 1.90. The van der Waals surface area contributed by atoms with Crippen LogP contribution in [-0.2, 0) is 25.5 Å². The number of amides is 1. The average molecular weight is 423 g/mol. The molecular formula is C19H22FN3O5S. The summed E-state index contributed by atoms with van der Waals surface area (Å²) in [6.07, 6.45) is 0.295. The first kappa shape index (κ1) is 21.3. The van der Waals surface area contributed by atoms with Crippen molar-refractivity contribution in [3.8, 4) is 0 Å². The normalized spacial score (nSPS) is 22.0. The number of rotatable bonds is 6. The number of aromatic nitrogens is 1. The molecule has 3 rings (SSSR count). The van der Waals surface area contributed by atoms with Gasteiger partial charge in [0.1, 0.15) is 11.5 Å². The fraction of sp³-hybridized carbons (Fsp3) is 0.368. The number of nitrogens with zero attached hydrogens (tertiary/aromatic N) is 2. The first-order valence-electron chi connectivity index (χ1n) is 8.89. The van der Waals surface area contributed by atoms with E-state index in [0.717, 1.165) is 4.31 Å². The molecule has 156 valence electrons.